The number of nitrogens with zero attached hydrogens (tertiary/aromatic N) is 3. The van der Waals surface area contributed by atoms with Crippen molar-refractivity contribution in [2.45, 2.75) is 44.3 Å². The molecule has 0 fully saturated rings. The number of carbonyl (C=O) groups is 2. The first kappa shape index (κ1) is 29.8. The van der Waals surface area contributed by atoms with Crippen LogP contribution in [0.25, 0.3) is 0 Å². The van der Waals surface area contributed by atoms with Crippen LogP contribution in [-0.2, 0) is 26.2 Å². The lowest BCUT2D eigenvalue weighted by Gasteiger charge is -2.32. The predicted molar refractivity (Wildman–Crippen MR) is 152 cm³/mol. The first-order valence-corrected chi connectivity index (χ1v) is 14.3. The van der Waals surface area contributed by atoms with Gasteiger partial charge in [0.25, 0.3) is 15.7 Å². The largest absolute Gasteiger partial charge is 0.352 e. The van der Waals surface area contributed by atoms with Crippen molar-refractivity contribution in [1.82, 2.24) is 10.2 Å². The predicted octanol–water partition coefficient (Wildman–Crippen LogP) is 4.49. The Hall–Kier alpha value is -3.77. The molecule has 2 amide bonds. The Kier molecular flexibility index (Phi) is 9.81. The summed E-state index contributed by atoms with van der Waals surface area (Å²) < 4.78 is 29.1. The van der Waals surface area contributed by atoms with Crippen molar-refractivity contribution in [3.63, 3.8) is 0 Å². The van der Waals surface area contributed by atoms with Crippen molar-refractivity contribution in [2.24, 2.45) is 0 Å². The summed E-state index contributed by atoms with van der Waals surface area (Å²) in [6.45, 7) is 4.60. The van der Waals surface area contributed by atoms with Gasteiger partial charge in [0, 0.05) is 29.2 Å². The van der Waals surface area contributed by atoms with Crippen LogP contribution in [-0.4, -0.2) is 48.7 Å². The molecule has 0 spiro atoms. The fourth-order valence-electron chi connectivity index (χ4n) is 3.76. The summed E-state index contributed by atoms with van der Waals surface area (Å²) in [6, 6.07) is 18.6. The number of benzene rings is 3. The third-order valence-electron chi connectivity index (χ3n) is 5.82. The monoisotopic (exact) mass is 616 g/mol. The van der Waals surface area contributed by atoms with E-state index in [9.17, 15) is 28.1 Å². The molecule has 1 N–H and O–H groups in total. The average Bonchev–Trinajstić information content (AvgIpc) is 2.91. The smallest absolute Gasteiger partial charge is 0.269 e. The zero-order valence-corrected chi connectivity index (χ0v) is 24.1. The molecule has 10 nitrogen and oxygen atoms in total. The number of carbonyl (C=O) groups excluding carboxylic acids is 2. The minimum absolute atomic E-state index is 0.0539. The number of hydrogen-bond donors (Lipinski definition) is 1. The summed E-state index contributed by atoms with van der Waals surface area (Å²) in [5, 5.41) is 13.9. The molecule has 206 valence electrons. The first-order chi connectivity index (χ1) is 18.4. The van der Waals surface area contributed by atoms with Crippen molar-refractivity contribution in [2.75, 3.05) is 10.8 Å². The first-order valence-electron chi connectivity index (χ1n) is 12.1. The highest BCUT2D eigenvalue weighted by molar-refractivity contribution is 9.10. The van der Waals surface area contributed by atoms with Gasteiger partial charge in [-0.2, -0.15) is 0 Å². The Morgan fingerprint density at radius 3 is 2.08 bits per heavy atom. The second-order valence-corrected chi connectivity index (χ2v) is 11.9. The van der Waals surface area contributed by atoms with Crippen molar-refractivity contribution in [1.29, 1.82) is 0 Å². The van der Waals surface area contributed by atoms with Gasteiger partial charge in [0.05, 0.1) is 15.5 Å². The standard InChI is InChI=1S/C27H29BrN4O6S/c1-19(2)29-27(34)20(3)30(17-21-9-11-22(28)12-10-21)26(33)18-31(23-13-15-24(16-14-23)32(35)36)39(37,38)25-7-5-4-6-8-25/h4-16,19-20H,17-18H2,1-3H3,(H,29,34)/t20-/m0/s1. The van der Waals surface area contributed by atoms with Crippen LogP contribution in [0, 0.1) is 10.1 Å². The van der Waals surface area contributed by atoms with Crippen LogP contribution in [0.15, 0.2) is 88.2 Å². The quantitative estimate of drug-likeness (QED) is 0.249. The van der Waals surface area contributed by atoms with Gasteiger partial charge in [0.15, 0.2) is 0 Å². The Morgan fingerprint density at radius 1 is 0.949 bits per heavy atom. The van der Waals surface area contributed by atoms with Gasteiger partial charge in [-0.1, -0.05) is 46.3 Å². The zero-order chi connectivity index (χ0) is 28.7. The Morgan fingerprint density at radius 2 is 1.54 bits per heavy atom. The lowest BCUT2D eigenvalue weighted by atomic mass is 10.1. The van der Waals surface area contributed by atoms with Crippen LogP contribution in [0.4, 0.5) is 11.4 Å². The van der Waals surface area contributed by atoms with E-state index in [1.807, 2.05) is 0 Å². The minimum atomic E-state index is -4.25. The Balaban J connectivity index is 2.03. The van der Waals surface area contributed by atoms with Gasteiger partial charge in [-0.3, -0.25) is 24.0 Å². The molecule has 0 radical (unpaired) electrons. The van der Waals surface area contributed by atoms with Gasteiger partial charge >= 0.3 is 0 Å². The third-order valence-corrected chi connectivity index (χ3v) is 8.14. The van der Waals surface area contributed by atoms with E-state index in [-0.39, 0.29) is 34.8 Å². The molecule has 0 aliphatic carbocycles. The zero-order valence-electron chi connectivity index (χ0n) is 21.7. The number of nitro benzene ring substituents is 1. The normalized spacial score (nSPS) is 12.0. The van der Waals surface area contributed by atoms with E-state index in [0.29, 0.717) is 0 Å². The third kappa shape index (κ3) is 7.64. The van der Waals surface area contributed by atoms with Gasteiger partial charge in [-0.05, 0) is 62.7 Å². The minimum Gasteiger partial charge on any atom is -0.352 e. The van der Waals surface area contributed by atoms with Gasteiger partial charge in [0.2, 0.25) is 11.8 Å². The van der Waals surface area contributed by atoms with Crippen molar-refractivity contribution in [3.8, 4) is 0 Å². The number of nitrogens with one attached hydrogen (secondary N) is 1. The highest BCUT2D eigenvalue weighted by atomic mass is 79.9. The highest BCUT2D eigenvalue weighted by Crippen LogP contribution is 2.26. The van der Waals surface area contributed by atoms with Crippen molar-refractivity contribution < 1.29 is 22.9 Å². The molecular weight excluding hydrogens is 588 g/mol. The number of halogens is 1. The van der Waals surface area contributed by atoms with Crippen LogP contribution in [0.2, 0.25) is 0 Å². The number of hydrogen-bond acceptors (Lipinski definition) is 6. The lowest BCUT2D eigenvalue weighted by Crippen LogP contribution is -2.52. The Labute approximate surface area is 236 Å². The summed E-state index contributed by atoms with van der Waals surface area (Å²) in [7, 11) is -4.25. The van der Waals surface area contributed by atoms with E-state index in [1.165, 1.54) is 41.3 Å². The second-order valence-electron chi connectivity index (χ2n) is 9.09. The fraction of sp³-hybridized carbons (Fsp3) is 0.259. The average molecular weight is 618 g/mol. The van der Waals surface area contributed by atoms with Crippen LogP contribution in [0.1, 0.15) is 26.3 Å². The summed E-state index contributed by atoms with van der Waals surface area (Å²) >= 11 is 3.38. The van der Waals surface area contributed by atoms with Crippen LogP contribution >= 0.6 is 15.9 Å². The molecule has 3 aromatic carbocycles. The van der Waals surface area contributed by atoms with E-state index in [0.717, 1.165) is 14.3 Å². The molecule has 0 aliphatic rings. The van der Waals surface area contributed by atoms with Crippen LogP contribution in [0.3, 0.4) is 0 Å². The molecule has 3 rings (SSSR count). The van der Waals surface area contributed by atoms with Gasteiger partial charge < -0.3 is 10.2 Å². The molecule has 0 bridgehead atoms. The highest BCUT2D eigenvalue weighted by Gasteiger charge is 2.32. The summed E-state index contributed by atoms with van der Waals surface area (Å²) in [5.41, 5.74) is 0.585. The second kappa shape index (κ2) is 12.9. The molecule has 12 heteroatoms. The molecule has 39 heavy (non-hydrogen) atoms. The maximum Gasteiger partial charge on any atom is 0.269 e. The van der Waals surface area contributed by atoms with Crippen molar-refractivity contribution in [3.05, 3.63) is 99.0 Å². The molecule has 0 saturated heterocycles. The molecule has 0 unspecified atom stereocenters. The summed E-state index contributed by atoms with van der Waals surface area (Å²) in [4.78, 5) is 38.5. The fourth-order valence-corrected chi connectivity index (χ4v) is 5.46. The van der Waals surface area contributed by atoms with Gasteiger partial charge in [-0.15, -0.1) is 0 Å². The molecule has 3 aromatic rings. The SMILES string of the molecule is CC(C)NC(=O)[C@H](C)N(Cc1ccc(Br)cc1)C(=O)CN(c1ccc([N+](=O)[O-])cc1)S(=O)(=O)c1ccccc1. The topological polar surface area (TPSA) is 130 Å². The maximum atomic E-state index is 13.8. The molecular formula is C27H29BrN4O6S. The van der Waals surface area contributed by atoms with Gasteiger partial charge in [0.1, 0.15) is 12.6 Å². The van der Waals surface area contributed by atoms with Crippen LogP contribution in [0.5, 0.6) is 0 Å². The van der Waals surface area contributed by atoms with Crippen molar-refractivity contribution >= 4 is 49.1 Å². The van der Waals surface area contributed by atoms with E-state index < -0.39 is 33.4 Å². The molecule has 0 aliphatic heterocycles. The number of nitro groups is 1. The number of rotatable bonds is 11. The summed E-state index contributed by atoms with van der Waals surface area (Å²) in [5.74, 6) is -1.01. The van der Waals surface area contributed by atoms with Crippen LogP contribution < -0.4 is 9.62 Å². The van der Waals surface area contributed by atoms with E-state index >= 15 is 0 Å². The molecule has 0 heterocycles. The molecule has 0 saturated carbocycles. The maximum absolute atomic E-state index is 13.8. The van der Waals surface area contributed by atoms with E-state index in [1.54, 1.807) is 63.2 Å². The number of amides is 2. The summed E-state index contributed by atoms with van der Waals surface area (Å²) in [6.07, 6.45) is 0. The number of non-ortho nitro benzene ring substituents is 1. The van der Waals surface area contributed by atoms with Gasteiger partial charge in [-0.25, -0.2) is 8.42 Å². The molecule has 0 aromatic heterocycles. The number of anilines is 1. The Bertz CT molecular complexity index is 1410. The molecule has 1 atom stereocenters. The van der Waals surface area contributed by atoms with E-state index in [2.05, 4.69) is 21.2 Å². The number of sulfonamides is 1. The van der Waals surface area contributed by atoms with E-state index in [4.69, 9.17) is 0 Å². The lowest BCUT2D eigenvalue weighted by molar-refractivity contribution is -0.384.